The highest BCUT2D eigenvalue weighted by atomic mass is 16.6. The van der Waals surface area contributed by atoms with E-state index in [0.717, 1.165) is 18.7 Å². The normalized spacial score (nSPS) is 31.0. The van der Waals surface area contributed by atoms with Gasteiger partial charge in [-0.05, 0) is 18.9 Å². The Morgan fingerprint density at radius 1 is 1.45 bits per heavy atom. The molecule has 0 amide bonds. The minimum atomic E-state index is -0.358. The van der Waals surface area contributed by atoms with Crippen molar-refractivity contribution in [2.45, 2.75) is 38.8 Å². The molecular weight excluding hydrogens is 256 g/mol. The number of rotatable bonds is 3. The second-order valence-corrected chi connectivity index (χ2v) is 6.35. The quantitative estimate of drug-likeness (QED) is 0.680. The molecule has 0 aromatic heterocycles. The van der Waals surface area contributed by atoms with Crippen molar-refractivity contribution in [2.75, 3.05) is 11.9 Å². The summed E-state index contributed by atoms with van der Waals surface area (Å²) < 4.78 is 5.87. The minimum absolute atomic E-state index is 0.0652. The minimum Gasteiger partial charge on any atom is -0.381 e. The van der Waals surface area contributed by atoms with Crippen LogP contribution in [0.2, 0.25) is 0 Å². The number of nitrogens with one attached hydrogen (secondary N) is 1. The number of fused-ring (bicyclic) bond motifs is 1. The molecule has 5 nitrogen and oxygen atoms in total. The van der Waals surface area contributed by atoms with Crippen LogP contribution in [0.5, 0.6) is 0 Å². The largest absolute Gasteiger partial charge is 0.381 e. The molecular formula is C15H20N2O3. The predicted octanol–water partition coefficient (Wildman–Crippen LogP) is 3.21. The van der Waals surface area contributed by atoms with Crippen LogP contribution in [0, 0.1) is 21.4 Å². The predicted molar refractivity (Wildman–Crippen MR) is 76.8 cm³/mol. The summed E-state index contributed by atoms with van der Waals surface area (Å²) in [6.07, 6.45) is 2.58. The van der Waals surface area contributed by atoms with E-state index in [1.165, 1.54) is 12.5 Å². The molecule has 3 atom stereocenters. The van der Waals surface area contributed by atoms with Gasteiger partial charge in [-0.2, -0.15) is 0 Å². The molecule has 20 heavy (non-hydrogen) atoms. The first kappa shape index (κ1) is 13.4. The molecule has 1 N–H and O–H groups in total. The van der Waals surface area contributed by atoms with Gasteiger partial charge in [0.05, 0.1) is 11.0 Å². The molecule has 3 unspecified atom stereocenters. The highest BCUT2D eigenvalue weighted by Crippen LogP contribution is 2.52. The van der Waals surface area contributed by atoms with Gasteiger partial charge < -0.3 is 10.1 Å². The molecule has 1 aromatic rings. The van der Waals surface area contributed by atoms with Crippen molar-refractivity contribution in [2.24, 2.45) is 11.3 Å². The van der Waals surface area contributed by atoms with Gasteiger partial charge in [0.15, 0.2) is 0 Å². The molecule has 1 saturated carbocycles. The lowest BCUT2D eigenvalue weighted by Crippen LogP contribution is -2.67. The molecule has 0 bridgehead atoms. The van der Waals surface area contributed by atoms with Crippen molar-refractivity contribution in [1.29, 1.82) is 0 Å². The first-order chi connectivity index (χ1) is 9.50. The zero-order chi connectivity index (χ0) is 14.3. The summed E-state index contributed by atoms with van der Waals surface area (Å²) in [6.45, 7) is 5.26. The van der Waals surface area contributed by atoms with Crippen molar-refractivity contribution in [1.82, 2.24) is 0 Å². The molecule has 1 aliphatic heterocycles. The van der Waals surface area contributed by atoms with Crippen molar-refractivity contribution in [3.63, 3.8) is 0 Å². The van der Waals surface area contributed by atoms with Crippen molar-refractivity contribution >= 4 is 11.4 Å². The SMILES string of the molecule is CC1(C)C(Nc2cccc([N+](=O)[O-])c2)C2CCCOC21. The Bertz CT molecular complexity index is 530. The monoisotopic (exact) mass is 276 g/mol. The summed E-state index contributed by atoms with van der Waals surface area (Å²) in [5.41, 5.74) is 1.01. The summed E-state index contributed by atoms with van der Waals surface area (Å²) in [4.78, 5) is 10.5. The van der Waals surface area contributed by atoms with E-state index in [4.69, 9.17) is 4.74 Å². The zero-order valence-electron chi connectivity index (χ0n) is 11.8. The van der Waals surface area contributed by atoms with Crippen LogP contribution >= 0.6 is 0 Å². The Balaban J connectivity index is 1.77. The van der Waals surface area contributed by atoms with Crippen LogP contribution in [0.3, 0.4) is 0 Å². The second-order valence-electron chi connectivity index (χ2n) is 6.35. The van der Waals surface area contributed by atoms with E-state index in [2.05, 4.69) is 19.2 Å². The van der Waals surface area contributed by atoms with Crippen LogP contribution in [0.4, 0.5) is 11.4 Å². The standard InChI is InChI=1S/C15H20N2O3/c1-15(2)13(12-7-4-8-20-14(12)15)16-10-5-3-6-11(9-10)17(18)19/h3,5-6,9,12-14,16H,4,7-8H2,1-2H3. The Morgan fingerprint density at radius 2 is 2.25 bits per heavy atom. The van der Waals surface area contributed by atoms with E-state index in [-0.39, 0.29) is 16.0 Å². The van der Waals surface area contributed by atoms with E-state index in [1.807, 2.05) is 6.07 Å². The van der Waals surface area contributed by atoms with Gasteiger partial charge >= 0.3 is 0 Å². The molecule has 1 saturated heterocycles. The maximum Gasteiger partial charge on any atom is 0.271 e. The van der Waals surface area contributed by atoms with Gasteiger partial charge in [-0.1, -0.05) is 19.9 Å². The van der Waals surface area contributed by atoms with Crippen LogP contribution in [0.15, 0.2) is 24.3 Å². The lowest BCUT2D eigenvalue weighted by molar-refractivity contribution is -0.384. The Hall–Kier alpha value is -1.62. The van der Waals surface area contributed by atoms with Gasteiger partial charge in [-0.3, -0.25) is 10.1 Å². The van der Waals surface area contributed by atoms with E-state index >= 15 is 0 Å². The number of non-ortho nitro benzene ring substituents is 1. The van der Waals surface area contributed by atoms with Gasteiger partial charge in [0.25, 0.3) is 5.69 Å². The molecule has 0 radical (unpaired) electrons. The van der Waals surface area contributed by atoms with Gasteiger partial charge in [0, 0.05) is 41.8 Å². The third kappa shape index (κ3) is 2.06. The lowest BCUT2D eigenvalue weighted by Gasteiger charge is -2.60. The molecule has 1 aromatic carbocycles. The van der Waals surface area contributed by atoms with Crippen LogP contribution in [-0.2, 0) is 4.74 Å². The first-order valence-corrected chi connectivity index (χ1v) is 7.13. The van der Waals surface area contributed by atoms with Crippen LogP contribution in [-0.4, -0.2) is 23.7 Å². The van der Waals surface area contributed by atoms with Gasteiger partial charge in [0.1, 0.15) is 0 Å². The van der Waals surface area contributed by atoms with Gasteiger partial charge in [-0.25, -0.2) is 0 Å². The van der Waals surface area contributed by atoms with Crippen molar-refractivity contribution in [3.8, 4) is 0 Å². The molecule has 108 valence electrons. The lowest BCUT2D eigenvalue weighted by atomic mass is 9.55. The Kier molecular flexibility index (Phi) is 3.17. The fraction of sp³-hybridized carbons (Fsp3) is 0.600. The number of nitrogens with zero attached hydrogens (tertiary/aromatic N) is 1. The maximum atomic E-state index is 10.8. The van der Waals surface area contributed by atoms with Gasteiger partial charge in [0.2, 0.25) is 0 Å². The summed E-state index contributed by atoms with van der Waals surface area (Å²) >= 11 is 0. The number of nitro benzene ring substituents is 1. The van der Waals surface area contributed by atoms with Crippen molar-refractivity contribution < 1.29 is 9.66 Å². The van der Waals surface area contributed by atoms with E-state index in [9.17, 15) is 10.1 Å². The van der Waals surface area contributed by atoms with E-state index in [0.29, 0.717) is 18.1 Å². The summed E-state index contributed by atoms with van der Waals surface area (Å²) in [7, 11) is 0. The molecule has 5 heteroatoms. The molecule has 1 aliphatic carbocycles. The number of benzene rings is 1. The fourth-order valence-corrected chi connectivity index (χ4v) is 3.70. The van der Waals surface area contributed by atoms with Gasteiger partial charge in [-0.15, -0.1) is 0 Å². The third-order valence-corrected chi connectivity index (χ3v) is 4.71. The molecule has 3 rings (SSSR count). The molecule has 2 aliphatic rings. The van der Waals surface area contributed by atoms with Crippen molar-refractivity contribution in [3.05, 3.63) is 34.4 Å². The first-order valence-electron chi connectivity index (χ1n) is 7.13. The number of nitro groups is 1. The van der Waals surface area contributed by atoms with Crippen LogP contribution in [0.1, 0.15) is 26.7 Å². The highest BCUT2D eigenvalue weighted by Gasteiger charge is 2.57. The smallest absolute Gasteiger partial charge is 0.271 e. The zero-order valence-corrected chi connectivity index (χ0v) is 11.8. The Morgan fingerprint density at radius 3 is 3.00 bits per heavy atom. The number of anilines is 1. The topological polar surface area (TPSA) is 64.4 Å². The van der Waals surface area contributed by atoms with Crippen LogP contribution < -0.4 is 5.32 Å². The third-order valence-electron chi connectivity index (χ3n) is 4.71. The average molecular weight is 276 g/mol. The highest BCUT2D eigenvalue weighted by molar-refractivity contribution is 5.52. The van der Waals surface area contributed by atoms with E-state index < -0.39 is 0 Å². The molecule has 1 heterocycles. The number of hydrogen-bond donors (Lipinski definition) is 1. The fourth-order valence-electron chi connectivity index (χ4n) is 3.70. The number of hydrogen-bond acceptors (Lipinski definition) is 4. The van der Waals surface area contributed by atoms with Crippen LogP contribution in [0.25, 0.3) is 0 Å². The summed E-state index contributed by atoms with van der Waals surface area (Å²) in [5.74, 6) is 0.512. The van der Waals surface area contributed by atoms with E-state index in [1.54, 1.807) is 12.1 Å². The average Bonchev–Trinajstić information content (AvgIpc) is 2.45. The Labute approximate surface area is 118 Å². The summed E-state index contributed by atoms with van der Waals surface area (Å²) in [6, 6.07) is 7.05. The molecule has 0 spiro atoms. The number of ether oxygens (including phenoxy) is 1. The summed E-state index contributed by atoms with van der Waals surface area (Å²) in [5, 5.41) is 14.3. The second kappa shape index (κ2) is 4.74. The maximum absolute atomic E-state index is 10.8. The molecule has 2 fully saturated rings.